The minimum Gasteiger partial charge on any atom is -0.496 e. The Balaban J connectivity index is 1.51. The number of aryl methyl sites for hydroxylation is 1. The van der Waals surface area contributed by atoms with Crippen LogP contribution in [-0.2, 0) is 17.9 Å². The Labute approximate surface area is 225 Å². The molecule has 8 heteroatoms. The van der Waals surface area contributed by atoms with E-state index in [1.165, 1.54) is 0 Å². The van der Waals surface area contributed by atoms with Crippen LogP contribution < -0.4 is 9.47 Å². The number of methoxy groups -OCH3 is 1. The molecule has 0 spiro atoms. The van der Waals surface area contributed by atoms with Crippen molar-refractivity contribution in [3.63, 3.8) is 0 Å². The lowest BCUT2D eigenvalue weighted by molar-refractivity contribution is -0.137. The molecule has 37 heavy (non-hydrogen) atoms. The van der Waals surface area contributed by atoms with E-state index in [9.17, 15) is 9.90 Å². The summed E-state index contributed by atoms with van der Waals surface area (Å²) in [6.45, 7) is 8.27. The van der Waals surface area contributed by atoms with Crippen molar-refractivity contribution in [3.05, 3.63) is 58.1 Å². The number of hydrogen-bond donors (Lipinski definition) is 1. The molecule has 1 amide bonds. The number of nitrogens with zero attached hydrogens (tertiary/aromatic N) is 3. The predicted molar refractivity (Wildman–Crippen MR) is 146 cm³/mol. The van der Waals surface area contributed by atoms with Crippen molar-refractivity contribution in [3.8, 4) is 11.5 Å². The zero-order valence-electron chi connectivity index (χ0n) is 22.3. The Morgan fingerprint density at radius 1 is 1.11 bits per heavy atom. The number of aliphatic hydroxyl groups excluding tert-OH is 1. The molecular formula is C29H40ClN3O4. The van der Waals surface area contributed by atoms with Crippen molar-refractivity contribution in [2.75, 3.05) is 60.0 Å². The summed E-state index contributed by atoms with van der Waals surface area (Å²) in [4.78, 5) is 20.2. The summed E-state index contributed by atoms with van der Waals surface area (Å²) in [6.07, 6.45) is 2.42. The number of carbonyl (C=O) groups is 1. The van der Waals surface area contributed by atoms with Crippen LogP contribution in [0.25, 0.3) is 0 Å². The Morgan fingerprint density at radius 3 is 2.59 bits per heavy atom. The van der Waals surface area contributed by atoms with Gasteiger partial charge in [0, 0.05) is 61.7 Å². The monoisotopic (exact) mass is 529 g/mol. The first-order chi connectivity index (χ1) is 17.8. The molecule has 2 fully saturated rings. The number of hydrogen-bond acceptors (Lipinski definition) is 6. The summed E-state index contributed by atoms with van der Waals surface area (Å²) in [5.41, 5.74) is 2.61. The quantitative estimate of drug-likeness (QED) is 0.530. The summed E-state index contributed by atoms with van der Waals surface area (Å²) >= 11 is 6.22. The topological polar surface area (TPSA) is 65.5 Å². The van der Waals surface area contributed by atoms with Crippen molar-refractivity contribution < 1.29 is 19.4 Å². The van der Waals surface area contributed by atoms with Crippen LogP contribution in [0.3, 0.4) is 0 Å². The average molecular weight is 530 g/mol. The summed E-state index contributed by atoms with van der Waals surface area (Å²) in [5.74, 6) is 1.70. The summed E-state index contributed by atoms with van der Waals surface area (Å²) in [7, 11) is 3.72. The molecule has 4 rings (SSSR count). The molecular weight excluding hydrogens is 490 g/mol. The molecule has 2 heterocycles. The fourth-order valence-electron chi connectivity index (χ4n) is 5.50. The molecule has 0 saturated carbocycles. The third kappa shape index (κ3) is 7.17. The number of halogens is 1. The van der Waals surface area contributed by atoms with E-state index in [4.69, 9.17) is 21.1 Å². The number of ether oxygens (including phenoxy) is 2. The molecule has 0 aliphatic carbocycles. The minimum absolute atomic E-state index is 0.0607. The Kier molecular flexibility index (Phi) is 9.35. The second-order valence-corrected chi connectivity index (χ2v) is 11.1. The molecule has 0 bridgehead atoms. The van der Waals surface area contributed by atoms with E-state index in [0.29, 0.717) is 18.8 Å². The Bertz CT molecular complexity index is 1070. The van der Waals surface area contributed by atoms with Crippen LogP contribution in [0.15, 0.2) is 36.4 Å². The molecule has 0 radical (unpaired) electrons. The molecule has 7 nitrogen and oxygen atoms in total. The summed E-state index contributed by atoms with van der Waals surface area (Å²) in [5, 5.41) is 10.5. The number of rotatable bonds is 9. The van der Waals surface area contributed by atoms with Crippen LogP contribution in [0.4, 0.5) is 0 Å². The van der Waals surface area contributed by atoms with E-state index in [1.807, 2.05) is 42.2 Å². The summed E-state index contributed by atoms with van der Waals surface area (Å²) in [6, 6.07) is 11.7. The molecule has 2 aromatic carbocycles. The maximum absolute atomic E-state index is 13.5. The van der Waals surface area contributed by atoms with Gasteiger partial charge in [-0.25, -0.2) is 0 Å². The smallest absolute Gasteiger partial charge is 0.223 e. The molecule has 2 aromatic rings. The van der Waals surface area contributed by atoms with Crippen LogP contribution in [0.5, 0.6) is 11.5 Å². The van der Waals surface area contributed by atoms with Crippen molar-refractivity contribution in [1.82, 2.24) is 14.7 Å². The van der Waals surface area contributed by atoms with Crippen LogP contribution in [0, 0.1) is 12.3 Å². The van der Waals surface area contributed by atoms with Gasteiger partial charge >= 0.3 is 0 Å². The number of piperazine rings is 1. The number of likely N-dealkylation sites (N-methyl/N-ethyl adjacent to an activating group) is 1. The first-order valence-electron chi connectivity index (χ1n) is 13.1. The van der Waals surface area contributed by atoms with Crippen molar-refractivity contribution >= 4 is 17.5 Å². The first-order valence-corrected chi connectivity index (χ1v) is 13.5. The highest BCUT2D eigenvalue weighted by Gasteiger charge is 2.40. The highest BCUT2D eigenvalue weighted by atomic mass is 35.5. The van der Waals surface area contributed by atoms with Crippen molar-refractivity contribution in [2.24, 2.45) is 5.41 Å². The molecule has 2 saturated heterocycles. The van der Waals surface area contributed by atoms with Crippen LogP contribution in [0.1, 0.15) is 36.0 Å². The lowest BCUT2D eigenvalue weighted by atomic mass is 9.77. The second-order valence-electron chi connectivity index (χ2n) is 10.7. The normalized spacial score (nSPS) is 21.2. The van der Waals surface area contributed by atoms with E-state index in [-0.39, 0.29) is 17.9 Å². The molecule has 1 N–H and O–H groups in total. The SMILES string of the molecule is COc1ccc(CN2CCC[C@@](COc3ccc(Cl)c(C)c3)(CC(=O)N3CCN(C)CC3)C2)cc1CO. The third-order valence-electron chi connectivity index (χ3n) is 7.72. The van der Waals surface area contributed by atoms with Crippen LogP contribution in [-0.4, -0.2) is 85.7 Å². The second kappa shape index (κ2) is 12.5. The largest absolute Gasteiger partial charge is 0.496 e. The fourth-order valence-corrected chi connectivity index (χ4v) is 5.62. The standard InChI is InChI=1S/C29H40ClN3O4/c1-22-15-25(6-7-26(22)30)37-21-29(17-28(35)33-13-11-31(2)12-14-33)9-4-10-32(20-29)18-23-5-8-27(36-3)24(16-23)19-34/h5-8,15-16,34H,4,9-14,17-21H2,1-3H3/t29-/m1/s1. The number of carbonyl (C=O) groups excluding carboxylic acids is 1. The third-order valence-corrected chi connectivity index (χ3v) is 8.14. The van der Waals surface area contributed by atoms with E-state index in [1.54, 1.807) is 7.11 Å². The van der Waals surface area contributed by atoms with Gasteiger partial charge in [0.1, 0.15) is 11.5 Å². The maximum Gasteiger partial charge on any atom is 0.223 e. The number of amides is 1. The highest BCUT2D eigenvalue weighted by molar-refractivity contribution is 6.31. The maximum atomic E-state index is 13.5. The van der Waals surface area contributed by atoms with E-state index in [2.05, 4.69) is 22.9 Å². The average Bonchev–Trinajstić information content (AvgIpc) is 2.90. The van der Waals surface area contributed by atoms with Gasteiger partial charge in [-0.3, -0.25) is 9.69 Å². The lowest BCUT2D eigenvalue weighted by Gasteiger charge is -2.43. The van der Waals surface area contributed by atoms with E-state index < -0.39 is 0 Å². The molecule has 2 aliphatic heterocycles. The predicted octanol–water partition coefficient (Wildman–Crippen LogP) is 3.97. The molecule has 0 aromatic heterocycles. The first kappa shape index (κ1) is 27.7. The fraction of sp³-hybridized carbons (Fsp3) is 0.552. The van der Waals surface area contributed by atoms with Crippen molar-refractivity contribution in [1.29, 1.82) is 0 Å². The lowest BCUT2D eigenvalue weighted by Crippen LogP contribution is -2.52. The van der Waals surface area contributed by atoms with Gasteiger partial charge < -0.3 is 24.4 Å². The van der Waals surface area contributed by atoms with Gasteiger partial charge in [0.05, 0.1) is 20.3 Å². The zero-order valence-corrected chi connectivity index (χ0v) is 23.1. The van der Waals surface area contributed by atoms with Gasteiger partial charge in [0.15, 0.2) is 0 Å². The minimum atomic E-state index is -0.279. The van der Waals surface area contributed by atoms with Gasteiger partial charge in [-0.2, -0.15) is 0 Å². The van der Waals surface area contributed by atoms with Crippen LogP contribution in [0.2, 0.25) is 5.02 Å². The van der Waals surface area contributed by atoms with Gasteiger partial charge in [-0.15, -0.1) is 0 Å². The van der Waals surface area contributed by atoms with E-state index >= 15 is 0 Å². The molecule has 1 atom stereocenters. The van der Waals surface area contributed by atoms with Gasteiger partial charge in [-0.05, 0) is 74.8 Å². The molecule has 0 unspecified atom stereocenters. The summed E-state index contributed by atoms with van der Waals surface area (Å²) < 4.78 is 11.7. The van der Waals surface area contributed by atoms with Gasteiger partial charge in [0.25, 0.3) is 0 Å². The number of piperidine rings is 1. The van der Waals surface area contributed by atoms with Crippen molar-refractivity contribution in [2.45, 2.75) is 39.3 Å². The van der Waals surface area contributed by atoms with Gasteiger partial charge in [-0.1, -0.05) is 17.7 Å². The Hall–Kier alpha value is -2.32. The molecule has 2 aliphatic rings. The van der Waals surface area contributed by atoms with Gasteiger partial charge in [0.2, 0.25) is 5.91 Å². The van der Waals surface area contributed by atoms with E-state index in [0.717, 1.165) is 86.1 Å². The number of benzene rings is 2. The highest BCUT2D eigenvalue weighted by Crippen LogP contribution is 2.36. The molecule has 202 valence electrons. The Morgan fingerprint density at radius 2 is 1.89 bits per heavy atom. The van der Waals surface area contributed by atoms with Crippen LogP contribution >= 0.6 is 11.6 Å². The number of aliphatic hydroxyl groups is 1. The number of likely N-dealkylation sites (tertiary alicyclic amines) is 1. The zero-order chi connectivity index (χ0) is 26.4.